The Hall–Kier alpha value is -0.910. The fourth-order valence-electron chi connectivity index (χ4n) is 1.59. The Morgan fingerprint density at radius 3 is 2.93 bits per heavy atom. The van der Waals surface area contributed by atoms with E-state index >= 15 is 0 Å². The molecule has 6 heteroatoms. The first-order chi connectivity index (χ1) is 6.57. The summed E-state index contributed by atoms with van der Waals surface area (Å²) in [5.74, 6) is 2.22. The molecule has 1 aromatic rings. The molecule has 5 nitrogen and oxygen atoms in total. The third-order valence-corrected chi connectivity index (χ3v) is 3.50. The maximum absolute atomic E-state index is 5.49. The van der Waals surface area contributed by atoms with E-state index in [9.17, 15) is 0 Å². The van der Waals surface area contributed by atoms with E-state index in [1.54, 1.807) is 0 Å². The van der Waals surface area contributed by atoms with Gasteiger partial charge in [-0.1, -0.05) is 0 Å². The maximum Gasteiger partial charge on any atom is 0.246 e. The molecular formula is C8H15N5S. The molecule has 1 aliphatic rings. The summed E-state index contributed by atoms with van der Waals surface area (Å²) in [6, 6.07) is 0. The van der Waals surface area contributed by atoms with Gasteiger partial charge in [0.05, 0.1) is 0 Å². The second-order valence-corrected chi connectivity index (χ2v) is 5.85. The Labute approximate surface area is 87.5 Å². The molecule has 2 rings (SSSR count). The van der Waals surface area contributed by atoms with Crippen LogP contribution in [0.15, 0.2) is 0 Å². The van der Waals surface area contributed by atoms with E-state index in [-0.39, 0.29) is 4.75 Å². The molecule has 1 aliphatic heterocycles. The Morgan fingerprint density at radius 1 is 1.57 bits per heavy atom. The topological polar surface area (TPSA) is 70.8 Å². The van der Waals surface area contributed by atoms with Crippen LogP contribution in [0.3, 0.4) is 0 Å². The molecule has 0 bridgehead atoms. The van der Waals surface area contributed by atoms with Crippen LogP contribution in [0, 0.1) is 0 Å². The van der Waals surface area contributed by atoms with Crippen LogP contribution in [0.5, 0.6) is 0 Å². The van der Waals surface area contributed by atoms with E-state index < -0.39 is 0 Å². The minimum Gasteiger partial charge on any atom is -0.368 e. The van der Waals surface area contributed by atoms with Gasteiger partial charge in [-0.3, -0.25) is 0 Å². The van der Waals surface area contributed by atoms with Crippen LogP contribution in [0.4, 0.5) is 11.9 Å². The molecule has 0 amide bonds. The minimum absolute atomic E-state index is 0.271. The van der Waals surface area contributed by atoms with E-state index in [0.717, 1.165) is 24.8 Å². The second-order valence-electron chi connectivity index (χ2n) is 4.05. The molecule has 3 N–H and O–H groups in total. The van der Waals surface area contributed by atoms with Crippen molar-refractivity contribution in [1.29, 1.82) is 0 Å². The van der Waals surface area contributed by atoms with Crippen LogP contribution in [0.2, 0.25) is 0 Å². The number of anilines is 2. The number of thioether (sulfide) groups is 1. The van der Waals surface area contributed by atoms with Gasteiger partial charge in [0.25, 0.3) is 0 Å². The molecule has 1 saturated heterocycles. The molecule has 0 atom stereocenters. The normalized spacial score (nSPS) is 21.1. The summed E-state index contributed by atoms with van der Waals surface area (Å²) in [6.07, 6.45) is 0. The number of hydrogen-bond donors (Lipinski definition) is 2. The average Bonchev–Trinajstić information content (AvgIpc) is 2.50. The van der Waals surface area contributed by atoms with Gasteiger partial charge in [-0.25, -0.2) is 5.10 Å². The van der Waals surface area contributed by atoms with E-state index in [1.807, 2.05) is 11.8 Å². The quantitative estimate of drug-likeness (QED) is 0.719. The van der Waals surface area contributed by atoms with Crippen molar-refractivity contribution in [1.82, 2.24) is 15.2 Å². The van der Waals surface area contributed by atoms with Crippen LogP contribution < -0.4 is 10.6 Å². The fraction of sp³-hybridized carbons (Fsp3) is 0.750. The predicted octanol–water partition coefficient (Wildman–Crippen LogP) is 0.719. The third kappa shape index (κ3) is 1.95. The molecule has 1 fully saturated rings. The maximum atomic E-state index is 5.49. The number of aromatic nitrogens is 3. The molecule has 1 aromatic heterocycles. The lowest BCUT2D eigenvalue weighted by molar-refractivity contribution is 0.636. The molecule has 0 aliphatic carbocycles. The molecule has 0 spiro atoms. The first-order valence-corrected chi connectivity index (χ1v) is 5.62. The van der Waals surface area contributed by atoms with Crippen molar-refractivity contribution in [2.24, 2.45) is 0 Å². The molecule has 0 unspecified atom stereocenters. The van der Waals surface area contributed by atoms with Gasteiger partial charge in [-0.05, 0) is 13.8 Å². The van der Waals surface area contributed by atoms with E-state index in [4.69, 9.17) is 5.73 Å². The van der Waals surface area contributed by atoms with Gasteiger partial charge in [0.15, 0.2) is 0 Å². The lowest BCUT2D eigenvalue weighted by Crippen LogP contribution is -2.43. The van der Waals surface area contributed by atoms with Gasteiger partial charge < -0.3 is 10.6 Å². The van der Waals surface area contributed by atoms with E-state index in [0.29, 0.717) is 5.95 Å². The molecule has 14 heavy (non-hydrogen) atoms. The fourth-order valence-corrected chi connectivity index (χ4v) is 2.70. The van der Waals surface area contributed by atoms with Crippen molar-refractivity contribution in [3.63, 3.8) is 0 Å². The van der Waals surface area contributed by atoms with E-state index in [2.05, 4.69) is 33.9 Å². The summed E-state index contributed by atoms with van der Waals surface area (Å²) in [4.78, 5) is 6.30. The zero-order valence-electron chi connectivity index (χ0n) is 8.45. The number of nitrogens with zero attached hydrogens (tertiary/aromatic N) is 3. The third-order valence-electron chi connectivity index (χ3n) is 2.20. The summed E-state index contributed by atoms with van der Waals surface area (Å²) in [7, 11) is 0. The van der Waals surface area contributed by atoms with Crippen molar-refractivity contribution >= 4 is 23.7 Å². The van der Waals surface area contributed by atoms with Gasteiger partial charge in [-0.2, -0.15) is 16.7 Å². The summed E-state index contributed by atoms with van der Waals surface area (Å²) < 4.78 is 0.271. The van der Waals surface area contributed by atoms with Crippen molar-refractivity contribution in [3.05, 3.63) is 0 Å². The highest BCUT2D eigenvalue weighted by Gasteiger charge is 2.28. The average molecular weight is 213 g/mol. The first-order valence-electron chi connectivity index (χ1n) is 4.64. The second kappa shape index (κ2) is 3.34. The van der Waals surface area contributed by atoms with Crippen molar-refractivity contribution in [2.75, 3.05) is 29.5 Å². The lowest BCUT2D eigenvalue weighted by atomic mass is 10.2. The summed E-state index contributed by atoms with van der Waals surface area (Å²) in [5, 5.41) is 6.72. The van der Waals surface area contributed by atoms with Crippen LogP contribution in [-0.4, -0.2) is 38.8 Å². The molecule has 78 valence electrons. The highest BCUT2D eigenvalue weighted by Crippen LogP contribution is 2.30. The number of aromatic amines is 1. The number of nitrogens with one attached hydrogen (secondary N) is 1. The Kier molecular flexibility index (Phi) is 2.30. The Balaban J connectivity index is 2.12. The zero-order chi connectivity index (χ0) is 10.2. The van der Waals surface area contributed by atoms with Crippen LogP contribution in [0.25, 0.3) is 0 Å². The Morgan fingerprint density at radius 2 is 2.36 bits per heavy atom. The minimum atomic E-state index is 0.271. The van der Waals surface area contributed by atoms with Crippen molar-refractivity contribution in [3.8, 4) is 0 Å². The predicted molar refractivity (Wildman–Crippen MR) is 59.5 cm³/mol. The zero-order valence-corrected chi connectivity index (χ0v) is 9.27. The number of rotatable bonds is 1. The molecular weight excluding hydrogens is 198 g/mol. The van der Waals surface area contributed by atoms with Crippen LogP contribution >= 0.6 is 11.8 Å². The SMILES string of the molecule is CC1(C)CN(c2n[nH]c(N)n2)CCS1. The first kappa shape index (κ1) is 9.64. The van der Waals surface area contributed by atoms with Gasteiger partial charge in [0, 0.05) is 23.6 Å². The van der Waals surface area contributed by atoms with Crippen LogP contribution in [-0.2, 0) is 0 Å². The Bertz CT molecular complexity index is 321. The van der Waals surface area contributed by atoms with Gasteiger partial charge in [0.1, 0.15) is 0 Å². The van der Waals surface area contributed by atoms with Gasteiger partial charge in [-0.15, -0.1) is 5.10 Å². The standard InChI is InChI=1S/C8H15N5S/c1-8(2)5-13(3-4-14-8)7-10-6(9)11-12-7/h3-5H2,1-2H3,(H3,9,10,11,12). The summed E-state index contributed by atoms with van der Waals surface area (Å²) >= 11 is 1.99. The monoisotopic (exact) mass is 213 g/mol. The van der Waals surface area contributed by atoms with Crippen LogP contribution in [0.1, 0.15) is 13.8 Å². The van der Waals surface area contributed by atoms with Gasteiger partial charge >= 0.3 is 0 Å². The smallest absolute Gasteiger partial charge is 0.246 e. The highest BCUT2D eigenvalue weighted by atomic mass is 32.2. The highest BCUT2D eigenvalue weighted by molar-refractivity contribution is 8.00. The summed E-state index contributed by atoms with van der Waals surface area (Å²) in [5.41, 5.74) is 5.49. The van der Waals surface area contributed by atoms with Crippen molar-refractivity contribution in [2.45, 2.75) is 18.6 Å². The molecule has 0 aromatic carbocycles. The number of nitrogen functional groups attached to an aromatic ring is 1. The van der Waals surface area contributed by atoms with E-state index in [1.165, 1.54) is 0 Å². The molecule has 0 saturated carbocycles. The number of H-pyrrole nitrogens is 1. The number of hydrogen-bond acceptors (Lipinski definition) is 5. The molecule has 0 radical (unpaired) electrons. The van der Waals surface area contributed by atoms with Gasteiger partial charge in [0.2, 0.25) is 11.9 Å². The molecule has 2 heterocycles. The lowest BCUT2D eigenvalue weighted by Gasteiger charge is -2.36. The summed E-state index contributed by atoms with van der Waals surface area (Å²) in [6.45, 7) is 6.43. The number of nitrogens with two attached hydrogens (primary N) is 1. The largest absolute Gasteiger partial charge is 0.368 e. The van der Waals surface area contributed by atoms with Crippen molar-refractivity contribution < 1.29 is 0 Å².